The van der Waals surface area contributed by atoms with Gasteiger partial charge in [0, 0.05) is 36.2 Å². The summed E-state index contributed by atoms with van der Waals surface area (Å²) in [5.74, 6) is -1.20. The van der Waals surface area contributed by atoms with Crippen LogP contribution in [0.2, 0.25) is 0 Å². The average molecular weight is 481 g/mol. The maximum atomic E-state index is 12.9. The van der Waals surface area contributed by atoms with Crippen LogP contribution in [-0.2, 0) is 27.9 Å². The number of carboxylic acids is 1. The largest absolute Gasteiger partial charge is 0.477 e. The molecule has 2 N–H and O–H groups in total. The van der Waals surface area contributed by atoms with E-state index in [1.165, 1.54) is 26.9 Å². The molecule has 0 bridgehead atoms. The number of hydrogen-bond donors (Lipinski definition) is 2. The molecule has 12 heteroatoms. The summed E-state index contributed by atoms with van der Waals surface area (Å²) in [7, 11) is 1.70. The van der Waals surface area contributed by atoms with Crippen molar-refractivity contribution in [1.29, 1.82) is 0 Å². The van der Waals surface area contributed by atoms with Crippen LogP contribution in [0.3, 0.4) is 0 Å². The monoisotopic (exact) mass is 480 g/mol. The van der Waals surface area contributed by atoms with Gasteiger partial charge in [-0.15, -0.1) is 5.10 Å². The van der Waals surface area contributed by atoms with E-state index in [9.17, 15) is 14.7 Å². The number of anilines is 1. The second-order valence-corrected chi connectivity index (χ2v) is 8.85. The number of rotatable bonds is 8. The zero-order chi connectivity index (χ0) is 23.7. The van der Waals surface area contributed by atoms with Crippen LogP contribution in [-0.4, -0.2) is 66.7 Å². The number of fused-ring (bicyclic) bond motifs is 1. The number of β-lactam (4-membered cyclic amide) rings is 1. The zero-order valence-corrected chi connectivity index (χ0v) is 19.1. The Bertz CT molecular complexity index is 1250. The average Bonchev–Trinajstić information content (AvgIpc) is 3.26. The standard InChI is InChI=1S/C22H21N7O4S/c1-27-22(24-25-26-27)34-13-15-12-33-20-17(19(30)29(20)18(15)21(31)32)23-16-7-9-28(10-8-16)11-14-5-3-2-4-6-14/h2-10,17,20H,11-13H2,1H3,(H,31,32)/p+1/t17-,20?/m0/s1. The number of carbonyl (C=O) groups excluding carboxylic acids is 1. The molecule has 2 aromatic heterocycles. The first-order valence-corrected chi connectivity index (χ1v) is 11.5. The molecule has 0 radical (unpaired) electrons. The van der Waals surface area contributed by atoms with E-state index in [0.717, 1.165) is 12.2 Å². The molecule has 1 saturated heterocycles. The molecular formula is C22H22N7O4S+. The number of carboxylic acid groups (broad SMARTS) is 1. The van der Waals surface area contributed by atoms with Crippen LogP contribution in [0.15, 0.2) is 71.3 Å². The van der Waals surface area contributed by atoms with E-state index in [1.54, 1.807) is 7.05 Å². The van der Waals surface area contributed by atoms with Gasteiger partial charge in [0.25, 0.3) is 5.91 Å². The Morgan fingerprint density at radius 3 is 2.71 bits per heavy atom. The quantitative estimate of drug-likeness (QED) is 0.272. The fourth-order valence-corrected chi connectivity index (χ4v) is 4.76. The Kier molecular flexibility index (Phi) is 5.99. The van der Waals surface area contributed by atoms with E-state index in [1.807, 2.05) is 47.3 Å². The highest BCUT2D eigenvalue weighted by atomic mass is 32.2. The molecule has 0 aliphatic carbocycles. The highest BCUT2D eigenvalue weighted by Crippen LogP contribution is 2.35. The van der Waals surface area contributed by atoms with Crippen molar-refractivity contribution < 1.29 is 24.0 Å². The van der Waals surface area contributed by atoms with E-state index >= 15 is 0 Å². The topological polar surface area (TPSA) is 126 Å². The molecule has 34 heavy (non-hydrogen) atoms. The van der Waals surface area contributed by atoms with Crippen LogP contribution in [0.1, 0.15) is 5.56 Å². The predicted molar refractivity (Wildman–Crippen MR) is 120 cm³/mol. The lowest BCUT2D eigenvalue weighted by atomic mass is 9.99. The third kappa shape index (κ3) is 4.24. The molecule has 174 valence electrons. The minimum atomic E-state index is -1.16. The Morgan fingerprint density at radius 2 is 2.03 bits per heavy atom. The van der Waals surface area contributed by atoms with Crippen molar-refractivity contribution in [1.82, 2.24) is 25.1 Å². The number of pyridine rings is 1. The van der Waals surface area contributed by atoms with Gasteiger partial charge in [0.1, 0.15) is 5.70 Å². The number of aryl methyl sites for hydroxylation is 1. The summed E-state index contributed by atoms with van der Waals surface area (Å²) in [5.41, 5.74) is 2.41. The van der Waals surface area contributed by atoms with E-state index < -0.39 is 18.2 Å². The van der Waals surface area contributed by atoms with Gasteiger partial charge in [-0.2, -0.15) is 0 Å². The van der Waals surface area contributed by atoms with Crippen molar-refractivity contribution in [3.05, 3.63) is 71.7 Å². The first-order valence-electron chi connectivity index (χ1n) is 10.6. The predicted octanol–water partition coefficient (Wildman–Crippen LogP) is 0.656. The molecule has 0 spiro atoms. The number of hydrogen-bond acceptors (Lipinski definition) is 8. The number of amides is 1. The summed E-state index contributed by atoms with van der Waals surface area (Å²) in [5, 5.41) is 24.7. The van der Waals surface area contributed by atoms with Gasteiger partial charge in [-0.3, -0.25) is 9.69 Å². The minimum Gasteiger partial charge on any atom is -0.477 e. The minimum absolute atomic E-state index is 0.0318. The van der Waals surface area contributed by atoms with E-state index in [4.69, 9.17) is 4.74 Å². The number of aromatic nitrogens is 5. The lowest BCUT2D eigenvalue weighted by molar-refractivity contribution is -0.688. The third-order valence-electron chi connectivity index (χ3n) is 5.63. The maximum Gasteiger partial charge on any atom is 0.352 e. The summed E-state index contributed by atoms with van der Waals surface area (Å²) < 4.78 is 9.40. The third-order valence-corrected chi connectivity index (χ3v) is 6.72. The second kappa shape index (κ2) is 9.23. The number of aliphatic carboxylic acids is 1. The molecule has 1 amide bonds. The molecule has 1 aromatic carbocycles. The summed E-state index contributed by atoms with van der Waals surface area (Å²) in [6.45, 7) is 0.847. The number of thioether (sulfide) groups is 1. The molecule has 3 aromatic rings. The number of benzene rings is 1. The summed E-state index contributed by atoms with van der Waals surface area (Å²) in [4.78, 5) is 26.1. The van der Waals surface area contributed by atoms with Crippen molar-refractivity contribution in [2.45, 2.75) is 24.0 Å². The van der Waals surface area contributed by atoms with E-state index in [-0.39, 0.29) is 18.2 Å². The molecule has 4 heterocycles. The van der Waals surface area contributed by atoms with Gasteiger partial charge >= 0.3 is 5.97 Å². The van der Waals surface area contributed by atoms with Gasteiger partial charge in [-0.25, -0.2) is 14.0 Å². The molecule has 5 rings (SSSR count). The van der Waals surface area contributed by atoms with Crippen LogP contribution >= 0.6 is 11.8 Å². The molecule has 1 fully saturated rings. The summed E-state index contributed by atoms with van der Waals surface area (Å²) in [6.07, 6.45) is 3.18. The molecule has 2 atom stereocenters. The van der Waals surface area contributed by atoms with Crippen molar-refractivity contribution in [3.63, 3.8) is 0 Å². The fourth-order valence-electron chi connectivity index (χ4n) is 3.92. The number of nitrogens with zero attached hydrogens (tertiary/aromatic N) is 6. The smallest absolute Gasteiger partial charge is 0.352 e. The van der Waals surface area contributed by atoms with Crippen LogP contribution < -0.4 is 9.88 Å². The zero-order valence-electron chi connectivity index (χ0n) is 18.2. The SMILES string of the molecule is Cn1nnnc1SCC1=C(C(=O)O)N2C(=O)[C@H](Nc3cc[n+](Cc4ccccc4)cc3)C2OC1. The van der Waals surface area contributed by atoms with Gasteiger partial charge in [0.05, 0.1) is 6.61 Å². The Labute approximate surface area is 199 Å². The van der Waals surface area contributed by atoms with Gasteiger partial charge in [0.2, 0.25) is 5.16 Å². The molecule has 0 saturated carbocycles. The summed E-state index contributed by atoms with van der Waals surface area (Å²) >= 11 is 1.28. The van der Waals surface area contributed by atoms with Crippen molar-refractivity contribution in [2.24, 2.45) is 7.05 Å². The van der Waals surface area contributed by atoms with Gasteiger partial charge in [0.15, 0.2) is 31.2 Å². The first kappa shape index (κ1) is 22.0. The van der Waals surface area contributed by atoms with E-state index in [2.05, 4.69) is 33.0 Å². The normalized spacial score (nSPS) is 19.6. The van der Waals surface area contributed by atoms with Crippen LogP contribution in [0, 0.1) is 0 Å². The number of ether oxygens (including phenoxy) is 1. The lowest BCUT2D eigenvalue weighted by Crippen LogP contribution is -2.70. The molecular weight excluding hydrogens is 458 g/mol. The fraction of sp³-hybridized carbons (Fsp3) is 0.273. The van der Waals surface area contributed by atoms with E-state index in [0.29, 0.717) is 16.5 Å². The van der Waals surface area contributed by atoms with Gasteiger partial charge in [-0.1, -0.05) is 42.1 Å². The molecule has 11 nitrogen and oxygen atoms in total. The molecule has 2 aliphatic rings. The molecule has 1 unspecified atom stereocenters. The number of nitrogens with one attached hydrogen (secondary N) is 1. The lowest BCUT2D eigenvalue weighted by Gasteiger charge is -2.49. The van der Waals surface area contributed by atoms with Crippen molar-refractivity contribution in [3.8, 4) is 0 Å². The highest BCUT2D eigenvalue weighted by Gasteiger charge is 2.54. The second-order valence-electron chi connectivity index (χ2n) is 7.91. The first-order chi connectivity index (χ1) is 16.5. The number of carbonyl (C=O) groups is 2. The Hall–Kier alpha value is -3.77. The van der Waals surface area contributed by atoms with Gasteiger partial charge < -0.3 is 15.2 Å². The maximum absolute atomic E-state index is 12.9. The van der Waals surface area contributed by atoms with Crippen molar-refractivity contribution in [2.75, 3.05) is 17.7 Å². The van der Waals surface area contributed by atoms with Gasteiger partial charge in [-0.05, 0) is 16.0 Å². The molecule has 2 aliphatic heterocycles. The summed E-state index contributed by atoms with van der Waals surface area (Å²) in [6, 6.07) is 13.2. The number of tetrazole rings is 1. The van der Waals surface area contributed by atoms with Crippen LogP contribution in [0.25, 0.3) is 0 Å². The van der Waals surface area contributed by atoms with Crippen LogP contribution in [0.5, 0.6) is 0 Å². The Balaban J connectivity index is 1.25. The highest BCUT2D eigenvalue weighted by molar-refractivity contribution is 7.99. The Morgan fingerprint density at radius 1 is 1.26 bits per heavy atom. The van der Waals surface area contributed by atoms with Crippen molar-refractivity contribution >= 4 is 29.3 Å². The van der Waals surface area contributed by atoms with Crippen LogP contribution in [0.4, 0.5) is 5.69 Å².